The van der Waals surface area contributed by atoms with Gasteiger partial charge in [0.15, 0.2) is 17.3 Å². The van der Waals surface area contributed by atoms with Gasteiger partial charge in [0.25, 0.3) is 0 Å². The number of carbonyl (C=O) groups is 1. The number of aliphatic hydroxyl groups is 1. The monoisotopic (exact) mass is 634 g/mol. The molecule has 2 aromatic carbocycles. The summed E-state index contributed by atoms with van der Waals surface area (Å²) in [7, 11) is 0. The third kappa shape index (κ3) is 7.36. The summed E-state index contributed by atoms with van der Waals surface area (Å²) in [6, 6.07) is 6.53. The van der Waals surface area contributed by atoms with E-state index < -0.39 is 17.0 Å². The first kappa shape index (κ1) is 31.3. The van der Waals surface area contributed by atoms with E-state index in [1.807, 2.05) is 25.7 Å². The Kier molecular flexibility index (Phi) is 8.84. The van der Waals surface area contributed by atoms with Gasteiger partial charge in [0.2, 0.25) is 0 Å². The number of nitrogens with one attached hydrogen (secondary N) is 1. The number of benzene rings is 2. The second kappa shape index (κ2) is 12.1. The molecule has 232 valence electrons. The summed E-state index contributed by atoms with van der Waals surface area (Å²) in [5, 5.41) is 13.7. The van der Waals surface area contributed by atoms with Crippen LogP contribution in [0.4, 0.5) is 20.7 Å². The third-order valence-corrected chi connectivity index (χ3v) is 8.33. The van der Waals surface area contributed by atoms with Gasteiger partial charge >= 0.3 is 6.09 Å². The zero-order valence-corrected chi connectivity index (χ0v) is 26.4. The van der Waals surface area contributed by atoms with E-state index in [1.165, 1.54) is 18.5 Å². The van der Waals surface area contributed by atoms with Crippen LogP contribution in [0.2, 0.25) is 10.0 Å². The largest absolute Gasteiger partial charge is 0.490 e. The molecule has 1 amide bonds. The Morgan fingerprint density at radius 1 is 1.09 bits per heavy atom. The first-order valence-electron chi connectivity index (χ1n) is 14.4. The summed E-state index contributed by atoms with van der Waals surface area (Å²) < 4.78 is 33.2. The highest BCUT2D eigenvalue weighted by Gasteiger charge is 2.45. The minimum Gasteiger partial charge on any atom is -0.490 e. The molecule has 2 aliphatic heterocycles. The lowest BCUT2D eigenvalue weighted by atomic mass is 10.00. The van der Waals surface area contributed by atoms with Crippen LogP contribution in [0.15, 0.2) is 30.6 Å². The van der Waals surface area contributed by atoms with Crippen LogP contribution in [-0.2, 0) is 4.74 Å². The molecule has 0 saturated carbocycles. The molecule has 0 radical (unpaired) electrons. The predicted molar refractivity (Wildman–Crippen MR) is 164 cm³/mol. The number of rotatable bonds is 8. The quantitative estimate of drug-likeness (QED) is 0.243. The zero-order chi connectivity index (χ0) is 31.1. The van der Waals surface area contributed by atoms with Gasteiger partial charge in [-0.3, -0.25) is 0 Å². The molecule has 2 N–H and O–H groups in total. The number of nitrogens with zero attached hydrogens (tertiary/aromatic N) is 3. The lowest BCUT2D eigenvalue weighted by molar-refractivity contribution is -0.00761. The normalized spacial score (nSPS) is 20.3. The number of amides is 1. The van der Waals surface area contributed by atoms with Crippen LogP contribution in [0, 0.1) is 5.82 Å². The Labute approximate surface area is 260 Å². The van der Waals surface area contributed by atoms with Crippen LogP contribution in [0.1, 0.15) is 66.7 Å². The molecule has 0 spiro atoms. The van der Waals surface area contributed by atoms with E-state index in [9.17, 15) is 14.3 Å². The van der Waals surface area contributed by atoms with Gasteiger partial charge in [0.1, 0.15) is 23.9 Å². The van der Waals surface area contributed by atoms with Crippen LogP contribution in [0.5, 0.6) is 11.5 Å². The first-order valence-corrected chi connectivity index (χ1v) is 15.2. The molecular weight excluding hydrogens is 598 g/mol. The van der Waals surface area contributed by atoms with E-state index in [0.29, 0.717) is 47.5 Å². The smallest absolute Gasteiger partial charge is 0.410 e. The van der Waals surface area contributed by atoms with Crippen molar-refractivity contribution in [2.75, 3.05) is 11.9 Å². The van der Waals surface area contributed by atoms with Crippen molar-refractivity contribution in [3.8, 4) is 11.5 Å². The Morgan fingerprint density at radius 2 is 1.79 bits per heavy atom. The van der Waals surface area contributed by atoms with Crippen molar-refractivity contribution < 1.29 is 28.5 Å². The average Bonchev–Trinajstić information content (AvgIpc) is 3.18. The van der Waals surface area contributed by atoms with Crippen molar-refractivity contribution in [1.82, 2.24) is 14.9 Å². The van der Waals surface area contributed by atoms with Crippen molar-refractivity contribution in [2.24, 2.45) is 0 Å². The number of halogens is 3. The van der Waals surface area contributed by atoms with Crippen molar-refractivity contribution in [2.45, 2.75) is 96.1 Å². The second-order valence-corrected chi connectivity index (χ2v) is 13.6. The molecule has 3 heterocycles. The highest BCUT2D eigenvalue weighted by Crippen LogP contribution is 2.42. The number of ether oxygens (including phenoxy) is 3. The van der Waals surface area contributed by atoms with E-state index in [1.54, 1.807) is 26.0 Å². The summed E-state index contributed by atoms with van der Waals surface area (Å²) in [5.74, 6) is 0.570. The maximum Gasteiger partial charge on any atom is 0.410 e. The van der Waals surface area contributed by atoms with Crippen molar-refractivity contribution in [3.63, 3.8) is 0 Å². The van der Waals surface area contributed by atoms with Crippen LogP contribution < -0.4 is 14.8 Å². The van der Waals surface area contributed by atoms with Gasteiger partial charge in [-0.25, -0.2) is 19.2 Å². The summed E-state index contributed by atoms with van der Waals surface area (Å²) in [4.78, 5) is 23.6. The van der Waals surface area contributed by atoms with E-state index in [0.717, 1.165) is 12.8 Å². The van der Waals surface area contributed by atoms with Crippen molar-refractivity contribution in [1.29, 1.82) is 0 Å². The maximum atomic E-state index is 14.9. The van der Waals surface area contributed by atoms with Gasteiger partial charge in [-0.05, 0) is 65.7 Å². The minimum atomic E-state index is -0.908. The number of anilines is 2. The molecule has 9 nitrogen and oxygen atoms in total. The number of piperidine rings is 1. The molecule has 0 aliphatic carbocycles. The molecule has 2 bridgehead atoms. The molecule has 3 atom stereocenters. The maximum absolute atomic E-state index is 14.9. The van der Waals surface area contributed by atoms with Gasteiger partial charge in [0.05, 0.1) is 33.5 Å². The molecule has 2 fully saturated rings. The Balaban J connectivity index is 1.44. The number of aromatic nitrogens is 2. The highest BCUT2D eigenvalue weighted by molar-refractivity contribution is 6.42. The summed E-state index contributed by atoms with van der Waals surface area (Å²) >= 11 is 12.0. The second-order valence-electron chi connectivity index (χ2n) is 12.8. The number of hydrogen-bond acceptors (Lipinski definition) is 8. The van der Waals surface area contributed by atoms with E-state index in [-0.39, 0.29) is 46.6 Å². The first-order chi connectivity index (χ1) is 20.2. The molecule has 43 heavy (non-hydrogen) atoms. The fourth-order valence-corrected chi connectivity index (χ4v) is 5.86. The summed E-state index contributed by atoms with van der Waals surface area (Å²) in [6.45, 7) is 9.28. The fourth-order valence-electron chi connectivity index (χ4n) is 5.54. The minimum absolute atomic E-state index is 0.0109. The van der Waals surface area contributed by atoms with Crippen LogP contribution >= 0.6 is 23.2 Å². The van der Waals surface area contributed by atoms with E-state index in [4.69, 9.17) is 37.4 Å². The Hall–Kier alpha value is -3.08. The number of hydrogen-bond donors (Lipinski definition) is 2. The van der Waals surface area contributed by atoms with Crippen molar-refractivity contribution >= 4 is 51.7 Å². The molecule has 1 aromatic heterocycles. The Morgan fingerprint density at radius 3 is 2.44 bits per heavy atom. The van der Waals surface area contributed by atoms with Crippen LogP contribution in [0.25, 0.3) is 10.9 Å². The SMILES string of the molecule is CC(C)(O)CCOc1cc2ncnc(Nc3ccc(Cl)c(Cl)c3F)c2cc1OC1C[C@H]2CC[C@@H](C1)N2C(=O)OC(C)(C)C. The van der Waals surface area contributed by atoms with Crippen LogP contribution in [0.3, 0.4) is 0 Å². The molecule has 2 saturated heterocycles. The zero-order valence-electron chi connectivity index (χ0n) is 24.9. The topological polar surface area (TPSA) is 106 Å². The van der Waals surface area contributed by atoms with Crippen molar-refractivity contribution in [3.05, 3.63) is 46.5 Å². The number of carbonyl (C=O) groups excluding carboxylic acids is 1. The third-order valence-electron chi connectivity index (χ3n) is 7.55. The molecule has 2 aliphatic rings. The van der Waals surface area contributed by atoms with Gasteiger partial charge in [-0.1, -0.05) is 23.2 Å². The van der Waals surface area contributed by atoms with E-state index in [2.05, 4.69) is 15.3 Å². The molecule has 5 rings (SSSR count). The lowest BCUT2D eigenvalue weighted by Gasteiger charge is -2.39. The molecule has 12 heteroatoms. The number of fused-ring (bicyclic) bond motifs is 3. The average molecular weight is 636 g/mol. The molecular formula is C31H37Cl2FN4O5. The molecule has 3 aromatic rings. The summed E-state index contributed by atoms with van der Waals surface area (Å²) in [5.41, 5.74) is -0.829. The lowest BCUT2D eigenvalue weighted by Crippen LogP contribution is -2.50. The van der Waals surface area contributed by atoms with Crippen LogP contribution in [-0.4, -0.2) is 62.1 Å². The molecule has 1 unspecified atom stereocenters. The standard InChI is InChI=1S/C31H37Cl2FN4O5/c1-30(2,3)43-29(39)38-17-6-7-18(38)13-19(12-17)42-25-14-20-23(15-24(25)41-11-10-31(4,5)40)35-16-36-28(20)37-22-9-8-21(32)26(33)27(22)34/h8-9,14-19,40H,6-7,10-13H2,1-5H3,(H,35,36,37)/t17-,18+,19?. The van der Waals surface area contributed by atoms with E-state index >= 15 is 0 Å². The fraction of sp³-hybridized carbons (Fsp3) is 0.516. The highest BCUT2D eigenvalue weighted by atomic mass is 35.5. The Bertz CT molecular complexity index is 1500. The van der Waals surface area contributed by atoms with Gasteiger partial charge in [-0.2, -0.15) is 0 Å². The van der Waals surface area contributed by atoms with Gasteiger partial charge < -0.3 is 29.5 Å². The van der Waals surface area contributed by atoms with Gasteiger partial charge in [-0.15, -0.1) is 0 Å². The summed E-state index contributed by atoms with van der Waals surface area (Å²) in [6.07, 6.45) is 4.34. The predicted octanol–water partition coefficient (Wildman–Crippen LogP) is 7.67. The van der Waals surface area contributed by atoms with Gasteiger partial charge in [0, 0.05) is 42.8 Å².